The summed E-state index contributed by atoms with van der Waals surface area (Å²) in [4.78, 5) is 22.2. The Morgan fingerprint density at radius 3 is 2.40 bits per heavy atom. The zero-order valence-electron chi connectivity index (χ0n) is 10.0. The smallest absolute Gasteiger partial charge is 0.336 e. The number of nitrogens with one attached hydrogen (secondary N) is 1. The first-order chi connectivity index (χ1) is 9.29. The number of benzene rings is 1. The summed E-state index contributed by atoms with van der Waals surface area (Å²) in [6, 6.07) is 0.160. The van der Waals surface area contributed by atoms with E-state index in [0.717, 1.165) is 7.11 Å². The number of carbonyl (C=O) groups is 2. The van der Waals surface area contributed by atoms with Crippen molar-refractivity contribution >= 4 is 11.9 Å². The van der Waals surface area contributed by atoms with Gasteiger partial charge in [0, 0.05) is 0 Å². The Morgan fingerprint density at radius 1 is 1.25 bits per heavy atom. The van der Waals surface area contributed by atoms with E-state index in [1.807, 2.05) is 5.32 Å². The van der Waals surface area contributed by atoms with E-state index in [0.29, 0.717) is 0 Å². The van der Waals surface area contributed by atoms with Gasteiger partial charge in [-0.2, -0.15) is 0 Å². The van der Waals surface area contributed by atoms with Gasteiger partial charge in [-0.3, -0.25) is 4.79 Å². The molecule has 110 valence electrons. The standard InChI is InChI=1S/C11H9F4NO4/c1-20-11(19)6(17)3-16-10(18)4-2-5(12)8(14)9(15)7(4)13/h2,6,17H,3H2,1H3,(H,16,18). The van der Waals surface area contributed by atoms with Crippen LogP contribution < -0.4 is 5.32 Å². The van der Waals surface area contributed by atoms with Gasteiger partial charge in [-0.15, -0.1) is 0 Å². The Balaban J connectivity index is 2.86. The van der Waals surface area contributed by atoms with E-state index >= 15 is 0 Å². The van der Waals surface area contributed by atoms with Crippen LogP contribution in [0.25, 0.3) is 0 Å². The Kier molecular flexibility index (Phi) is 5.03. The molecule has 1 atom stereocenters. The average molecular weight is 295 g/mol. The molecule has 1 rings (SSSR count). The summed E-state index contributed by atoms with van der Waals surface area (Å²) in [6.07, 6.45) is -1.73. The quantitative estimate of drug-likeness (QED) is 0.367. The van der Waals surface area contributed by atoms with Gasteiger partial charge in [0.05, 0.1) is 19.2 Å². The lowest BCUT2D eigenvalue weighted by Gasteiger charge is -2.10. The summed E-state index contributed by atoms with van der Waals surface area (Å²) in [5.41, 5.74) is -1.10. The largest absolute Gasteiger partial charge is 0.467 e. The maximum atomic E-state index is 13.2. The topological polar surface area (TPSA) is 75.6 Å². The molecule has 0 radical (unpaired) electrons. The highest BCUT2D eigenvalue weighted by Crippen LogP contribution is 2.18. The number of ether oxygens (including phenoxy) is 1. The predicted octanol–water partition coefficient (Wildman–Crippen LogP) is 0.507. The second kappa shape index (κ2) is 6.33. The van der Waals surface area contributed by atoms with Crippen LogP contribution in [0.1, 0.15) is 10.4 Å². The number of aliphatic hydroxyl groups excluding tert-OH is 1. The summed E-state index contributed by atoms with van der Waals surface area (Å²) >= 11 is 0. The summed E-state index contributed by atoms with van der Waals surface area (Å²) in [6.45, 7) is -0.675. The monoisotopic (exact) mass is 295 g/mol. The molecular formula is C11H9F4NO4. The van der Waals surface area contributed by atoms with Gasteiger partial charge in [0.25, 0.3) is 5.91 Å². The minimum absolute atomic E-state index is 0.160. The lowest BCUT2D eigenvalue weighted by atomic mass is 10.1. The number of rotatable bonds is 4. The molecular weight excluding hydrogens is 286 g/mol. The minimum Gasteiger partial charge on any atom is -0.467 e. The first kappa shape index (κ1) is 15.9. The van der Waals surface area contributed by atoms with E-state index in [9.17, 15) is 27.2 Å². The lowest BCUT2D eigenvalue weighted by Crippen LogP contribution is -2.37. The van der Waals surface area contributed by atoms with E-state index in [-0.39, 0.29) is 6.07 Å². The summed E-state index contributed by atoms with van der Waals surface area (Å²) in [5, 5.41) is 11.0. The lowest BCUT2D eigenvalue weighted by molar-refractivity contribution is -0.149. The van der Waals surface area contributed by atoms with E-state index in [1.165, 1.54) is 0 Å². The van der Waals surface area contributed by atoms with E-state index in [1.54, 1.807) is 0 Å². The van der Waals surface area contributed by atoms with Gasteiger partial charge in [0.15, 0.2) is 29.4 Å². The van der Waals surface area contributed by atoms with Crippen LogP contribution in [0.4, 0.5) is 17.6 Å². The summed E-state index contributed by atoms with van der Waals surface area (Å²) in [5.74, 6) is -10.2. The highest BCUT2D eigenvalue weighted by atomic mass is 19.2. The molecule has 2 N–H and O–H groups in total. The maximum Gasteiger partial charge on any atom is 0.336 e. The second-order valence-corrected chi connectivity index (χ2v) is 3.60. The number of esters is 1. The number of aliphatic hydroxyl groups is 1. The van der Waals surface area contributed by atoms with Crippen LogP contribution in [0.15, 0.2) is 6.07 Å². The third kappa shape index (κ3) is 3.23. The van der Waals surface area contributed by atoms with Crippen LogP contribution >= 0.6 is 0 Å². The van der Waals surface area contributed by atoms with E-state index in [4.69, 9.17) is 5.11 Å². The van der Waals surface area contributed by atoms with Crippen molar-refractivity contribution in [2.75, 3.05) is 13.7 Å². The van der Waals surface area contributed by atoms with Gasteiger partial charge in [0.2, 0.25) is 0 Å². The molecule has 0 saturated carbocycles. The van der Waals surface area contributed by atoms with Crippen LogP contribution in [0.3, 0.4) is 0 Å². The molecule has 5 nitrogen and oxygen atoms in total. The first-order valence-corrected chi connectivity index (χ1v) is 5.16. The van der Waals surface area contributed by atoms with Crippen LogP contribution in [-0.4, -0.2) is 36.7 Å². The van der Waals surface area contributed by atoms with Gasteiger partial charge in [-0.1, -0.05) is 0 Å². The van der Waals surface area contributed by atoms with Crippen molar-refractivity contribution in [3.8, 4) is 0 Å². The highest BCUT2D eigenvalue weighted by Gasteiger charge is 2.24. The van der Waals surface area contributed by atoms with Gasteiger partial charge < -0.3 is 15.2 Å². The molecule has 9 heteroatoms. The number of amides is 1. The molecule has 0 aliphatic heterocycles. The third-order valence-corrected chi connectivity index (χ3v) is 2.28. The zero-order valence-corrected chi connectivity index (χ0v) is 10.0. The Bertz CT molecular complexity index is 550. The van der Waals surface area contributed by atoms with E-state index in [2.05, 4.69) is 4.74 Å². The minimum atomic E-state index is -2.14. The predicted molar refractivity (Wildman–Crippen MR) is 56.6 cm³/mol. The molecule has 0 bridgehead atoms. The number of hydrogen-bond acceptors (Lipinski definition) is 4. The van der Waals surface area contributed by atoms with Gasteiger partial charge >= 0.3 is 5.97 Å². The fourth-order valence-electron chi connectivity index (χ4n) is 1.24. The van der Waals surface area contributed by atoms with E-state index < -0.39 is 53.4 Å². The molecule has 1 unspecified atom stereocenters. The van der Waals surface area contributed by atoms with Crippen LogP contribution in [0, 0.1) is 23.3 Å². The van der Waals surface area contributed by atoms with Crippen molar-refractivity contribution in [1.82, 2.24) is 5.32 Å². The molecule has 0 fully saturated rings. The van der Waals surface area contributed by atoms with Crippen molar-refractivity contribution in [3.05, 3.63) is 34.9 Å². The molecule has 1 amide bonds. The van der Waals surface area contributed by atoms with Crippen molar-refractivity contribution in [2.24, 2.45) is 0 Å². The van der Waals surface area contributed by atoms with Gasteiger partial charge in [0.1, 0.15) is 0 Å². The van der Waals surface area contributed by atoms with Crippen molar-refractivity contribution < 1.29 is 37.0 Å². The number of carbonyl (C=O) groups excluding carboxylic acids is 2. The zero-order chi connectivity index (χ0) is 15.4. The van der Waals surface area contributed by atoms with Gasteiger partial charge in [-0.25, -0.2) is 22.4 Å². The maximum absolute atomic E-state index is 13.2. The van der Waals surface area contributed by atoms with Crippen molar-refractivity contribution in [2.45, 2.75) is 6.10 Å². The van der Waals surface area contributed by atoms with Gasteiger partial charge in [-0.05, 0) is 6.07 Å². The fraction of sp³-hybridized carbons (Fsp3) is 0.273. The van der Waals surface area contributed by atoms with Crippen LogP contribution in [-0.2, 0) is 9.53 Å². The summed E-state index contributed by atoms with van der Waals surface area (Å²) in [7, 11) is 0.984. The normalized spacial score (nSPS) is 11.9. The summed E-state index contributed by atoms with van der Waals surface area (Å²) < 4.78 is 55.8. The molecule has 1 aromatic rings. The Hall–Kier alpha value is -2.16. The Labute approximate surface area is 110 Å². The molecule has 0 aromatic heterocycles. The Morgan fingerprint density at radius 2 is 1.85 bits per heavy atom. The average Bonchev–Trinajstić information content (AvgIpc) is 2.44. The van der Waals surface area contributed by atoms with Crippen molar-refractivity contribution in [1.29, 1.82) is 0 Å². The first-order valence-electron chi connectivity index (χ1n) is 5.16. The third-order valence-electron chi connectivity index (χ3n) is 2.28. The number of halogens is 4. The number of methoxy groups -OCH3 is 1. The van der Waals surface area contributed by atoms with Crippen LogP contribution in [0.2, 0.25) is 0 Å². The molecule has 20 heavy (non-hydrogen) atoms. The van der Waals surface area contributed by atoms with Crippen molar-refractivity contribution in [3.63, 3.8) is 0 Å². The molecule has 0 aliphatic rings. The number of hydrogen-bond donors (Lipinski definition) is 2. The molecule has 0 spiro atoms. The molecule has 0 saturated heterocycles. The molecule has 0 heterocycles. The molecule has 0 aliphatic carbocycles. The second-order valence-electron chi connectivity index (χ2n) is 3.60. The van der Waals surface area contributed by atoms with Crippen LogP contribution in [0.5, 0.6) is 0 Å². The highest BCUT2D eigenvalue weighted by molar-refractivity contribution is 5.94. The molecule has 1 aromatic carbocycles. The SMILES string of the molecule is COC(=O)C(O)CNC(=O)c1cc(F)c(F)c(F)c1F. The fourth-order valence-corrected chi connectivity index (χ4v) is 1.24.